The summed E-state index contributed by atoms with van der Waals surface area (Å²) < 4.78 is 32.9. The van der Waals surface area contributed by atoms with Crippen molar-refractivity contribution in [3.63, 3.8) is 0 Å². The molecule has 0 bridgehead atoms. The van der Waals surface area contributed by atoms with Gasteiger partial charge in [0.2, 0.25) is 0 Å². The van der Waals surface area contributed by atoms with E-state index in [0.717, 1.165) is 24.1 Å². The number of benzene rings is 2. The van der Waals surface area contributed by atoms with Crippen LogP contribution < -0.4 is 10.1 Å². The number of hydrogen-bond acceptors (Lipinski definition) is 3. The van der Waals surface area contributed by atoms with Crippen molar-refractivity contribution in [2.24, 2.45) is 0 Å². The topological polar surface area (TPSA) is 58.6 Å². The van der Waals surface area contributed by atoms with Crippen LogP contribution in [0.25, 0.3) is 0 Å². The number of anilines is 1. The lowest BCUT2D eigenvalue weighted by molar-refractivity contribution is -0.140. The van der Waals surface area contributed by atoms with E-state index in [0.29, 0.717) is 30.5 Å². The van der Waals surface area contributed by atoms with Crippen LogP contribution in [-0.2, 0) is 11.3 Å². The molecule has 0 spiro atoms. The quantitative estimate of drug-likeness (QED) is 0.800. The van der Waals surface area contributed by atoms with Gasteiger partial charge in [0.25, 0.3) is 11.8 Å². The Morgan fingerprint density at radius 2 is 2.00 bits per heavy atom. The fraction of sp³-hybridized carbons (Fsp3) is 0.364. The van der Waals surface area contributed by atoms with Gasteiger partial charge >= 0.3 is 0 Å². The first kappa shape index (κ1) is 20.8. The maximum Gasteiger partial charge on any atom is 0.264 e. The number of amides is 2. The minimum absolute atomic E-state index is 0.0395. The summed E-state index contributed by atoms with van der Waals surface area (Å²) in [6, 6.07) is 7.88. The minimum Gasteiger partial charge on any atom is -0.480 e. The number of ether oxygens (including phenoxy) is 1. The lowest BCUT2D eigenvalue weighted by atomic mass is 10.1. The Balaban J connectivity index is 1.88. The molecule has 3 rings (SSSR count). The molecule has 2 aromatic carbocycles. The molecule has 1 N–H and O–H groups in total. The van der Waals surface area contributed by atoms with Crippen LogP contribution in [0.3, 0.4) is 0 Å². The van der Waals surface area contributed by atoms with E-state index in [1.807, 2.05) is 20.8 Å². The lowest BCUT2D eigenvalue weighted by Crippen LogP contribution is -2.43. The molecule has 1 heterocycles. The third-order valence-corrected chi connectivity index (χ3v) is 5.16. The van der Waals surface area contributed by atoms with E-state index in [1.165, 1.54) is 0 Å². The fourth-order valence-electron chi connectivity index (χ4n) is 3.27. The molecule has 0 aliphatic carbocycles. The summed E-state index contributed by atoms with van der Waals surface area (Å²) in [5.41, 5.74) is 0.944. The summed E-state index contributed by atoms with van der Waals surface area (Å²) in [4.78, 5) is 27.0. The summed E-state index contributed by atoms with van der Waals surface area (Å²) in [6.07, 6.45) is 0.796. The Labute approximate surface area is 168 Å². The van der Waals surface area contributed by atoms with Crippen molar-refractivity contribution in [3.05, 3.63) is 59.2 Å². The molecule has 0 fully saturated rings. The van der Waals surface area contributed by atoms with Gasteiger partial charge in [0, 0.05) is 29.9 Å². The van der Waals surface area contributed by atoms with Gasteiger partial charge in [-0.25, -0.2) is 8.78 Å². The number of hydrogen-bond donors (Lipinski definition) is 1. The van der Waals surface area contributed by atoms with Crippen molar-refractivity contribution in [1.82, 2.24) is 4.90 Å². The lowest BCUT2D eigenvalue weighted by Gasteiger charge is -2.28. The van der Waals surface area contributed by atoms with Gasteiger partial charge in [-0.3, -0.25) is 9.59 Å². The van der Waals surface area contributed by atoms with E-state index < -0.39 is 23.6 Å². The van der Waals surface area contributed by atoms with Crippen molar-refractivity contribution >= 4 is 17.5 Å². The molecule has 2 atom stereocenters. The maximum absolute atomic E-state index is 13.9. The average molecular weight is 402 g/mol. The molecule has 2 amide bonds. The van der Waals surface area contributed by atoms with Crippen LogP contribution in [-0.4, -0.2) is 28.9 Å². The van der Waals surface area contributed by atoms with Crippen molar-refractivity contribution in [2.45, 2.75) is 52.3 Å². The second-order valence-corrected chi connectivity index (χ2v) is 7.14. The fourth-order valence-corrected chi connectivity index (χ4v) is 3.27. The second-order valence-electron chi connectivity index (χ2n) is 7.14. The zero-order valence-corrected chi connectivity index (χ0v) is 16.7. The standard InChI is InChI=1S/C22H24F2N2O3/c1-4-13(3)26-12-14-10-16(7-9-20(14)29-19(5-2)22(26)28)25-21(27)17-8-6-15(23)11-18(17)24/h6-11,13,19H,4-5,12H2,1-3H3,(H,25,27). The van der Waals surface area contributed by atoms with E-state index in [-0.39, 0.29) is 17.5 Å². The molecule has 7 heteroatoms. The molecule has 5 nitrogen and oxygen atoms in total. The number of rotatable bonds is 5. The Morgan fingerprint density at radius 1 is 1.24 bits per heavy atom. The predicted octanol–water partition coefficient (Wildman–Crippen LogP) is 4.52. The van der Waals surface area contributed by atoms with Gasteiger partial charge in [0.15, 0.2) is 6.10 Å². The third kappa shape index (κ3) is 4.39. The van der Waals surface area contributed by atoms with Crippen LogP contribution in [0.5, 0.6) is 5.75 Å². The number of nitrogens with one attached hydrogen (secondary N) is 1. The second kappa shape index (κ2) is 8.59. The molecular formula is C22H24F2N2O3. The van der Waals surface area contributed by atoms with Gasteiger partial charge in [-0.15, -0.1) is 0 Å². The molecule has 1 aliphatic heterocycles. The Morgan fingerprint density at radius 3 is 2.66 bits per heavy atom. The summed E-state index contributed by atoms with van der Waals surface area (Å²) in [6.45, 7) is 6.25. The molecule has 1 aliphatic rings. The van der Waals surface area contributed by atoms with Crippen molar-refractivity contribution in [2.75, 3.05) is 5.32 Å². The highest BCUT2D eigenvalue weighted by Gasteiger charge is 2.32. The summed E-state index contributed by atoms with van der Waals surface area (Å²) in [7, 11) is 0. The molecule has 2 unspecified atom stereocenters. The van der Waals surface area contributed by atoms with Crippen LogP contribution in [0.4, 0.5) is 14.5 Å². The number of carbonyl (C=O) groups excluding carboxylic acids is 2. The first-order valence-corrected chi connectivity index (χ1v) is 9.70. The number of nitrogens with zero attached hydrogens (tertiary/aromatic N) is 1. The maximum atomic E-state index is 13.9. The largest absolute Gasteiger partial charge is 0.480 e. The molecule has 0 saturated carbocycles. The monoisotopic (exact) mass is 402 g/mol. The molecule has 2 aromatic rings. The van der Waals surface area contributed by atoms with Crippen LogP contribution >= 0.6 is 0 Å². The minimum atomic E-state index is -0.931. The molecular weight excluding hydrogens is 378 g/mol. The van der Waals surface area contributed by atoms with Gasteiger partial charge in [0.1, 0.15) is 17.4 Å². The van der Waals surface area contributed by atoms with E-state index in [2.05, 4.69) is 5.32 Å². The van der Waals surface area contributed by atoms with E-state index in [9.17, 15) is 18.4 Å². The highest BCUT2D eigenvalue weighted by atomic mass is 19.1. The number of halogens is 2. The van der Waals surface area contributed by atoms with Crippen molar-refractivity contribution in [1.29, 1.82) is 0 Å². The highest BCUT2D eigenvalue weighted by molar-refractivity contribution is 6.04. The Hall–Kier alpha value is -2.96. The number of fused-ring (bicyclic) bond motifs is 1. The van der Waals surface area contributed by atoms with Crippen LogP contribution in [0.2, 0.25) is 0 Å². The first-order valence-electron chi connectivity index (χ1n) is 9.70. The first-order chi connectivity index (χ1) is 13.8. The summed E-state index contributed by atoms with van der Waals surface area (Å²) >= 11 is 0. The van der Waals surface area contributed by atoms with E-state index >= 15 is 0 Å². The predicted molar refractivity (Wildman–Crippen MR) is 106 cm³/mol. The summed E-state index contributed by atoms with van der Waals surface area (Å²) in [5, 5.41) is 2.62. The third-order valence-electron chi connectivity index (χ3n) is 5.16. The van der Waals surface area contributed by atoms with Gasteiger partial charge in [-0.05, 0) is 50.1 Å². The number of carbonyl (C=O) groups is 2. The smallest absolute Gasteiger partial charge is 0.264 e. The molecule has 29 heavy (non-hydrogen) atoms. The molecule has 0 radical (unpaired) electrons. The zero-order chi connectivity index (χ0) is 21.1. The van der Waals surface area contributed by atoms with Crippen molar-refractivity contribution in [3.8, 4) is 5.75 Å². The Bertz CT molecular complexity index is 932. The van der Waals surface area contributed by atoms with Gasteiger partial charge < -0.3 is 15.0 Å². The highest BCUT2D eigenvalue weighted by Crippen LogP contribution is 2.31. The van der Waals surface area contributed by atoms with Crippen molar-refractivity contribution < 1.29 is 23.1 Å². The van der Waals surface area contributed by atoms with Gasteiger partial charge in [-0.1, -0.05) is 13.8 Å². The Kier molecular flexibility index (Phi) is 6.15. The molecule has 0 aromatic heterocycles. The molecule has 154 valence electrons. The summed E-state index contributed by atoms with van der Waals surface area (Å²) in [5.74, 6) is -1.83. The van der Waals surface area contributed by atoms with Crippen LogP contribution in [0.1, 0.15) is 49.5 Å². The zero-order valence-electron chi connectivity index (χ0n) is 16.7. The van der Waals surface area contributed by atoms with Crippen LogP contribution in [0.15, 0.2) is 36.4 Å². The molecule has 0 saturated heterocycles. The van der Waals surface area contributed by atoms with E-state index in [1.54, 1.807) is 23.1 Å². The van der Waals surface area contributed by atoms with Gasteiger partial charge in [0.05, 0.1) is 5.56 Å². The van der Waals surface area contributed by atoms with Gasteiger partial charge in [-0.2, -0.15) is 0 Å². The van der Waals surface area contributed by atoms with E-state index in [4.69, 9.17) is 4.74 Å². The van der Waals surface area contributed by atoms with Crippen LogP contribution in [0, 0.1) is 11.6 Å². The SMILES string of the molecule is CCC1Oc2ccc(NC(=O)c3ccc(F)cc3F)cc2CN(C(C)CC)C1=O. The normalized spacial score (nSPS) is 17.2. The average Bonchev–Trinajstić information content (AvgIpc) is 2.83.